The molecule has 0 saturated heterocycles. The summed E-state index contributed by atoms with van der Waals surface area (Å²) in [7, 11) is 0. The quantitative estimate of drug-likeness (QED) is 0.607. The van der Waals surface area contributed by atoms with Crippen LogP contribution in [0.4, 0.5) is 19.0 Å². The lowest BCUT2D eigenvalue weighted by atomic mass is 9.97. The van der Waals surface area contributed by atoms with E-state index in [0.29, 0.717) is 11.4 Å². The summed E-state index contributed by atoms with van der Waals surface area (Å²) in [6.07, 6.45) is -4.37. The average molecular weight is 373 g/mol. The molecule has 0 aliphatic carbocycles. The molecule has 0 unspecified atom stereocenters. The van der Waals surface area contributed by atoms with E-state index in [-0.39, 0.29) is 11.6 Å². The van der Waals surface area contributed by atoms with Gasteiger partial charge in [-0.05, 0) is 75.1 Å². The molecule has 142 valence electrons. The number of hydrogen-bond donors (Lipinski definition) is 1. The second-order valence-corrected chi connectivity index (χ2v) is 7.00. The number of aromatic nitrogens is 2. The van der Waals surface area contributed by atoms with Crippen LogP contribution in [0, 0.1) is 27.7 Å². The Hall–Kier alpha value is -2.63. The lowest BCUT2D eigenvalue weighted by Gasteiger charge is -2.21. The van der Waals surface area contributed by atoms with Crippen molar-refractivity contribution in [3.05, 3.63) is 63.8 Å². The molecule has 2 aromatic carbocycles. The molecule has 0 amide bonds. The molecular weight excluding hydrogens is 351 g/mol. The van der Waals surface area contributed by atoms with Gasteiger partial charge >= 0.3 is 6.18 Å². The van der Waals surface area contributed by atoms with Gasteiger partial charge in [-0.25, -0.2) is 0 Å². The molecular formula is C21H22F3N3. The summed E-state index contributed by atoms with van der Waals surface area (Å²) < 4.78 is 39.6. The Balaban J connectivity index is 2.04. The largest absolute Gasteiger partial charge is 0.416 e. The van der Waals surface area contributed by atoms with Gasteiger partial charge in [-0.3, -0.25) is 0 Å². The molecule has 1 aromatic heterocycles. The predicted molar refractivity (Wildman–Crippen MR) is 102 cm³/mol. The van der Waals surface area contributed by atoms with Gasteiger partial charge in [-0.1, -0.05) is 12.1 Å². The van der Waals surface area contributed by atoms with Crippen LogP contribution < -0.4 is 5.32 Å². The van der Waals surface area contributed by atoms with E-state index in [1.165, 1.54) is 13.0 Å². The van der Waals surface area contributed by atoms with E-state index in [2.05, 4.69) is 21.6 Å². The highest BCUT2D eigenvalue weighted by Gasteiger charge is 2.33. The first-order valence-corrected chi connectivity index (χ1v) is 8.77. The van der Waals surface area contributed by atoms with Crippen LogP contribution in [0.15, 0.2) is 30.3 Å². The van der Waals surface area contributed by atoms with Crippen LogP contribution >= 0.6 is 0 Å². The first kappa shape index (κ1) is 19.1. The Morgan fingerprint density at radius 1 is 0.926 bits per heavy atom. The normalized spacial score (nSPS) is 13.0. The highest BCUT2D eigenvalue weighted by Crippen LogP contribution is 2.35. The number of hydrogen-bond acceptors (Lipinski definition) is 3. The molecule has 0 fully saturated rings. The number of alkyl halides is 3. The van der Waals surface area contributed by atoms with Gasteiger partial charge in [0.1, 0.15) is 0 Å². The van der Waals surface area contributed by atoms with Crippen molar-refractivity contribution in [1.82, 2.24) is 10.2 Å². The summed E-state index contributed by atoms with van der Waals surface area (Å²) in [5.41, 5.74) is 3.30. The second-order valence-electron chi connectivity index (χ2n) is 7.00. The number of benzene rings is 2. The zero-order valence-electron chi connectivity index (χ0n) is 16.0. The van der Waals surface area contributed by atoms with Gasteiger partial charge in [0, 0.05) is 10.8 Å². The molecule has 0 saturated carbocycles. The Bertz CT molecular complexity index is 1010. The van der Waals surface area contributed by atoms with E-state index in [9.17, 15) is 13.2 Å². The van der Waals surface area contributed by atoms with Crippen LogP contribution in [0.1, 0.15) is 46.5 Å². The Labute approximate surface area is 156 Å². The molecule has 1 heterocycles. The smallest absolute Gasteiger partial charge is 0.362 e. The molecule has 6 heteroatoms. The number of halogens is 3. The van der Waals surface area contributed by atoms with Crippen molar-refractivity contribution in [2.45, 2.75) is 46.8 Å². The van der Waals surface area contributed by atoms with Gasteiger partial charge < -0.3 is 5.32 Å². The minimum Gasteiger partial charge on any atom is -0.362 e. The fraction of sp³-hybridized carbons (Fsp3) is 0.333. The van der Waals surface area contributed by atoms with Crippen molar-refractivity contribution < 1.29 is 13.2 Å². The second kappa shape index (κ2) is 6.83. The van der Waals surface area contributed by atoms with E-state index >= 15 is 0 Å². The highest BCUT2D eigenvalue weighted by atomic mass is 19.4. The summed E-state index contributed by atoms with van der Waals surface area (Å²) in [6, 6.07) is 8.02. The molecule has 0 aliphatic heterocycles. The molecule has 3 rings (SSSR count). The van der Waals surface area contributed by atoms with Gasteiger partial charge in [0.25, 0.3) is 0 Å². The van der Waals surface area contributed by atoms with E-state index in [0.717, 1.165) is 33.7 Å². The van der Waals surface area contributed by atoms with Crippen LogP contribution in [0.25, 0.3) is 10.8 Å². The minimum atomic E-state index is -4.37. The lowest BCUT2D eigenvalue weighted by molar-refractivity contribution is -0.138. The SMILES string of the molecule is Cc1cc2c(C)nnc(N[C@H](C)c3cccc(C(F)(F)F)c3C)c2cc1C. The zero-order chi connectivity index (χ0) is 19.9. The molecule has 0 bridgehead atoms. The maximum atomic E-state index is 13.2. The maximum Gasteiger partial charge on any atom is 0.416 e. The van der Waals surface area contributed by atoms with Crippen LogP contribution in [0.5, 0.6) is 0 Å². The topological polar surface area (TPSA) is 37.8 Å². The number of fused-ring (bicyclic) bond motifs is 1. The fourth-order valence-electron chi connectivity index (χ4n) is 3.36. The van der Waals surface area contributed by atoms with Gasteiger partial charge in [0.05, 0.1) is 17.3 Å². The standard InChI is InChI=1S/C21H22F3N3/c1-11-9-17-15(5)26-27-20(18(17)10-12(11)2)25-14(4)16-7-6-8-19(13(16)3)21(22,23)24/h6-10,14H,1-5H3,(H,25,27)/t14-/m1/s1. The van der Waals surface area contributed by atoms with Crippen LogP contribution in [-0.2, 0) is 6.18 Å². The summed E-state index contributed by atoms with van der Waals surface area (Å²) in [4.78, 5) is 0. The monoisotopic (exact) mass is 373 g/mol. The Kier molecular flexibility index (Phi) is 4.84. The Morgan fingerprint density at radius 3 is 2.19 bits per heavy atom. The molecule has 3 aromatic rings. The third-order valence-corrected chi connectivity index (χ3v) is 5.08. The fourth-order valence-corrected chi connectivity index (χ4v) is 3.36. The summed E-state index contributed by atoms with van der Waals surface area (Å²) in [6.45, 7) is 9.29. The Morgan fingerprint density at radius 2 is 1.56 bits per heavy atom. The van der Waals surface area contributed by atoms with Gasteiger partial charge in [0.15, 0.2) is 5.82 Å². The van der Waals surface area contributed by atoms with E-state index in [1.54, 1.807) is 6.07 Å². The van der Waals surface area contributed by atoms with Crippen LogP contribution in [-0.4, -0.2) is 10.2 Å². The summed E-state index contributed by atoms with van der Waals surface area (Å²) in [5, 5.41) is 13.6. The van der Waals surface area contributed by atoms with Gasteiger partial charge in [-0.2, -0.15) is 18.3 Å². The van der Waals surface area contributed by atoms with Gasteiger partial charge in [-0.15, -0.1) is 5.10 Å². The summed E-state index contributed by atoms with van der Waals surface area (Å²) in [5.74, 6) is 0.572. The number of nitrogens with one attached hydrogen (secondary N) is 1. The van der Waals surface area contributed by atoms with Crippen molar-refractivity contribution in [1.29, 1.82) is 0 Å². The lowest BCUT2D eigenvalue weighted by Crippen LogP contribution is -2.14. The van der Waals surface area contributed by atoms with E-state index < -0.39 is 11.7 Å². The third kappa shape index (κ3) is 3.61. The number of rotatable bonds is 3. The van der Waals surface area contributed by atoms with Crippen LogP contribution in [0.2, 0.25) is 0 Å². The summed E-state index contributed by atoms with van der Waals surface area (Å²) >= 11 is 0. The zero-order valence-corrected chi connectivity index (χ0v) is 16.0. The number of nitrogens with zero attached hydrogens (tertiary/aromatic N) is 2. The average Bonchev–Trinajstić information content (AvgIpc) is 2.58. The van der Waals surface area contributed by atoms with Crippen LogP contribution in [0.3, 0.4) is 0 Å². The van der Waals surface area contributed by atoms with Gasteiger partial charge in [0.2, 0.25) is 0 Å². The van der Waals surface area contributed by atoms with Crippen molar-refractivity contribution in [2.24, 2.45) is 0 Å². The van der Waals surface area contributed by atoms with E-state index in [1.807, 2.05) is 33.8 Å². The molecule has 1 N–H and O–H groups in total. The third-order valence-electron chi connectivity index (χ3n) is 5.08. The minimum absolute atomic E-state index is 0.224. The molecule has 3 nitrogen and oxygen atoms in total. The molecule has 27 heavy (non-hydrogen) atoms. The highest BCUT2D eigenvalue weighted by molar-refractivity contribution is 5.94. The maximum absolute atomic E-state index is 13.2. The number of aryl methyl sites for hydroxylation is 3. The first-order chi connectivity index (χ1) is 12.6. The van der Waals surface area contributed by atoms with E-state index in [4.69, 9.17) is 0 Å². The first-order valence-electron chi connectivity index (χ1n) is 8.77. The van der Waals surface area contributed by atoms with Crippen molar-refractivity contribution in [3.8, 4) is 0 Å². The molecule has 1 atom stereocenters. The molecule has 0 radical (unpaired) electrons. The molecule has 0 spiro atoms. The molecule has 0 aliphatic rings. The number of anilines is 1. The van der Waals surface area contributed by atoms with Crippen molar-refractivity contribution >= 4 is 16.6 Å². The predicted octanol–water partition coefficient (Wildman–Crippen LogP) is 6.06. The van der Waals surface area contributed by atoms with Crippen molar-refractivity contribution in [3.63, 3.8) is 0 Å². The van der Waals surface area contributed by atoms with Crippen molar-refractivity contribution in [2.75, 3.05) is 5.32 Å².